The van der Waals surface area contributed by atoms with Gasteiger partial charge in [-0.15, -0.1) is 0 Å². The molecule has 0 saturated heterocycles. The molecule has 0 aliphatic rings. The van der Waals surface area contributed by atoms with Crippen molar-refractivity contribution in [2.75, 3.05) is 10.6 Å². The lowest BCUT2D eigenvalue weighted by atomic mass is 10.1. The quantitative estimate of drug-likeness (QED) is 0.644. The summed E-state index contributed by atoms with van der Waals surface area (Å²) in [4.78, 5) is 24.8. The van der Waals surface area contributed by atoms with Gasteiger partial charge in [0.15, 0.2) is 0 Å². The van der Waals surface area contributed by atoms with Crippen molar-refractivity contribution in [2.45, 2.75) is 6.92 Å². The van der Waals surface area contributed by atoms with Gasteiger partial charge in [0.1, 0.15) is 5.82 Å². The molecular weight excluding hydrogens is 367 g/mol. The Morgan fingerprint density at radius 2 is 1.41 bits per heavy atom. The molecule has 0 aliphatic heterocycles. The number of amides is 2. The summed E-state index contributed by atoms with van der Waals surface area (Å²) in [5.74, 6) is -1.31. The van der Waals surface area contributed by atoms with Gasteiger partial charge in [-0.2, -0.15) is 0 Å². The average Bonchev–Trinajstić information content (AvgIpc) is 2.65. The molecule has 0 heterocycles. The van der Waals surface area contributed by atoms with E-state index in [1.807, 2.05) is 25.1 Å². The van der Waals surface area contributed by atoms with Gasteiger partial charge in [-0.25, -0.2) is 4.39 Å². The first-order valence-electron chi connectivity index (χ1n) is 8.17. The number of aryl methyl sites for hydroxylation is 1. The Morgan fingerprint density at radius 1 is 0.815 bits per heavy atom. The number of anilines is 2. The second-order valence-corrected chi connectivity index (χ2v) is 6.39. The monoisotopic (exact) mass is 382 g/mol. The summed E-state index contributed by atoms with van der Waals surface area (Å²) in [6, 6.07) is 17.7. The second-order valence-electron chi connectivity index (χ2n) is 5.99. The minimum Gasteiger partial charge on any atom is -0.322 e. The van der Waals surface area contributed by atoms with Crippen molar-refractivity contribution in [3.63, 3.8) is 0 Å². The Labute approximate surface area is 161 Å². The van der Waals surface area contributed by atoms with E-state index in [-0.39, 0.29) is 10.9 Å². The molecule has 2 amide bonds. The summed E-state index contributed by atoms with van der Waals surface area (Å²) in [5.41, 5.74) is 2.71. The van der Waals surface area contributed by atoms with E-state index in [1.54, 1.807) is 24.3 Å². The van der Waals surface area contributed by atoms with Gasteiger partial charge in [0.05, 0.1) is 5.02 Å². The number of halogens is 2. The topological polar surface area (TPSA) is 58.2 Å². The molecule has 27 heavy (non-hydrogen) atoms. The first kappa shape index (κ1) is 18.6. The molecule has 0 bridgehead atoms. The summed E-state index contributed by atoms with van der Waals surface area (Å²) in [5, 5.41) is 5.34. The van der Waals surface area contributed by atoms with Crippen molar-refractivity contribution in [2.24, 2.45) is 0 Å². The average molecular weight is 383 g/mol. The third-order valence-corrected chi connectivity index (χ3v) is 4.13. The van der Waals surface area contributed by atoms with E-state index >= 15 is 0 Å². The van der Waals surface area contributed by atoms with Crippen LogP contribution < -0.4 is 10.6 Å². The lowest BCUT2D eigenvalue weighted by molar-refractivity contribution is 0.102. The van der Waals surface area contributed by atoms with Crippen molar-refractivity contribution >= 4 is 34.8 Å². The lowest BCUT2D eigenvalue weighted by Gasteiger charge is -2.09. The van der Waals surface area contributed by atoms with Gasteiger partial charge in [-0.3, -0.25) is 9.59 Å². The molecule has 3 rings (SSSR count). The summed E-state index contributed by atoms with van der Waals surface area (Å²) in [6.45, 7) is 1.93. The molecular formula is C21H16ClFN2O2. The number of hydrogen-bond donors (Lipinski definition) is 2. The molecule has 0 radical (unpaired) electrons. The molecule has 6 heteroatoms. The molecule has 3 aromatic carbocycles. The standard InChI is InChI=1S/C21H16ClFN2O2/c1-13-4-2-7-16(10-13)24-20(26)14-5-3-6-15(11-14)21(27)25-17-8-9-19(23)18(22)12-17/h2-12H,1H3,(H,24,26)(H,25,27). The zero-order chi connectivity index (χ0) is 19.4. The maximum absolute atomic E-state index is 13.2. The molecule has 0 aliphatic carbocycles. The van der Waals surface area contributed by atoms with Gasteiger partial charge in [-0.05, 0) is 61.0 Å². The van der Waals surface area contributed by atoms with Crippen molar-refractivity contribution in [1.82, 2.24) is 0 Å². The molecule has 2 N–H and O–H groups in total. The van der Waals surface area contributed by atoms with E-state index in [0.29, 0.717) is 22.5 Å². The number of rotatable bonds is 4. The normalized spacial score (nSPS) is 10.3. The molecule has 0 fully saturated rings. The van der Waals surface area contributed by atoms with Crippen LogP contribution in [-0.2, 0) is 0 Å². The first-order chi connectivity index (χ1) is 12.9. The minimum absolute atomic E-state index is 0.0842. The zero-order valence-corrected chi connectivity index (χ0v) is 15.2. The van der Waals surface area contributed by atoms with E-state index < -0.39 is 11.7 Å². The highest BCUT2D eigenvalue weighted by Crippen LogP contribution is 2.20. The van der Waals surface area contributed by atoms with E-state index in [4.69, 9.17) is 11.6 Å². The summed E-state index contributed by atoms with van der Waals surface area (Å²) in [6.07, 6.45) is 0. The van der Waals surface area contributed by atoms with Crippen LogP contribution in [0.1, 0.15) is 26.3 Å². The fourth-order valence-corrected chi connectivity index (χ4v) is 2.69. The maximum Gasteiger partial charge on any atom is 0.255 e. The number of carbonyl (C=O) groups is 2. The van der Waals surface area contributed by atoms with Crippen LogP contribution in [0.5, 0.6) is 0 Å². The number of nitrogens with one attached hydrogen (secondary N) is 2. The van der Waals surface area contributed by atoms with E-state index in [2.05, 4.69) is 10.6 Å². The predicted octanol–water partition coefficient (Wildman–Crippen LogP) is 5.29. The summed E-state index contributed by atoms with van der Waals surface area (Å²) < 4.78 is 13.2. The maximum atomic E-state index is 13.2. The highest BCUT2D eigenvalue weighted by molar-refractivity contribution is 6.31. The summed E-state index contributed by atoms with van der Waals surface area (Å²) >= 11 is 5.72. The van der Waals surface area contributed by atoms with Crippen LogP contribution in [0.3, 0.4) is 0 Å². The van der Waals surface area contributed by atoms with Gasteiger partial charge < -0.3 is 10.6 Å². The minimum atomic E-state index is -0.565. The predicted molar refractivity (Wildman–Crippen MR) is 105 cm³/mol. The van der Waals surface area contributed by atoms with Crippen LogP contribution in [0.25, 0.3) is 0 Å². The highest BCUT2D eigenvalue weighted by atomic mass is 35.5. The molecule has 3 aromatic rings. The van der Waals surface area contributed by atoms with Gasteiger partial charge in [0.2, 0.25) is 0 Å². The van der Waals surface area contributed by atoms with Crippen LogP contribution in [0, 0.1) is 12.7 Å². The van der Waals surface area contributed by atoms with Crippen molar-refractivity contribution in [3.8, 4) is 0 Å². The Hall–Kier alpha value is -3.18. The second kappa shape index (κ2) is 8.01. The molecule has 4 nitrogen and oxygen atoms in total. The Balaban J connectivity index is 1.75. The van der Waals surface area contributed by atoms with Crippen molar-refractivity contribution in [3.05, 3.63) is 94.3 Å². The van der Waals surface area contributed by atoms with Gasteiger partial charge in [-0.1, -0.05) is 29.8 Å². The van der Waals surface area contributed by atoms with Crippen LogP contribution >= 0.6 is 11.6 Å². The Morgan fingerprint density at radius 3 is 2.00 bits per heavy atom. The van der Waals surface area contributed by atoms with Crippen LogP contribution in [0.15, 0.2) is 66.7 Å². The number of carbonyl (C=O) groups excluding carboxylic acids is 2. The fourth-order valence-electron chi connectivity index (χ4n) is 2.50. The lowest BCUT2D eigenvalue weighted by Crippen LogP contribution is -2.15. The smallest absolute Gasteiger partial charge is 0.255 e. The fraction of sp³-hybridized carbons (Fsp3) is 0.0476. The Bertz CT molecular complexity index is 1020. The third kappa shape index (κ3) is 4.71. The number of benzene rings is 3. The van der Waals surface area contributed by atoms with Crippen molar-refractivity contribution < 1.29 is 14.0 Å². The van der Waals surface area contributed by atoms with Crippen LogP contribution in [0.2, 0.25) is 5.02 Å². The highest BCUT2D eigenvalue weighted by Gasteiger charge is 2.12. The van der Waals surface area contributed by atoms with Crippen LogP contribution in [-0.4, -0.2) is 11.8 Å². The molecule has 0 spiro atoms. The van der Waals surface area contributed by atoms with E-state index in [9.17, 15) is 14.0 Å². The SMILES string of the molecule is Cc1cccc(NC(=O)c2cccc(C(=O)Nc3ccc(F)c(Cl)c3)c2)c1. The summed E-state index contributed by atoms with van der Waals surface area (Å²) in [7, 11) is 0. The molecule has 0 aromatic heterocycles. The van der Waals surface area contributed by atoms with Gasteiger partial charge in [0, 0.05) is 22.5 Å². The Kier molecular flexibility index (Phi) is 5.52. The van der Waals surface area contributed by atoms with Crippen molar-refractivity contribution in [1.29, 1.82) is 0 Å². The van der Waals surface area contributed by atoms with Gasteiger partial charge >= 0.3 is 0 Å². The number of hydrogen-bond acceptors (Lipinski definition) is 2. The molecule has 136 valence electrons. The molecule has 0 atom stereocenters. The molecule has 0 unspecified atom stereocenters. The largest absolute Gasteiger partial charge is 0.322 e. The van der Waals surface area contributed by atoms with E-state index in [0.717, 1.165) is 5.56 Å². The third-order valence-electron chi connectivity index (χ3n) is 3.84. The van der Waals surface area contributed by atoms with Crippen LogP contribution in [0.4, 0.5) is 15.8 Å². The molecule has 0 saturated carbocycles. The van der Waals surface area contributed by atoms with E-state index in [1.165, 1.54) is 24.3 Å². The zero-order valence-electron chi connectivity index (χ0n) is 14.4. The van der Waals surface area contributed by atoms with Gasteiger partial charge in [0.25, 0.3) is 11.8 Å². The first-order valence-corrected chi connectivity index (χ1v) is 8.54.